The largest absolute Gasteiger partial charge is 0.289 e. The second-order valence-electron chi connectivity index (χ2n) is 4.15. The highest BCUT2D eigenvalue weighted by Crippen LogP contribution is 2.17. The number of hydrogen-bond donors (Lipinski definition) is 2. The molecule has 0 aliphatic carbocycles. The van der Waals surface area contributed by atoms with Gasteiger partial charge in [0.2, 0.25) is 5.91 Å². The number of nitrogens with one attached hydrogen (secondary N) is 1. The molecule has 1 unspecified atom stereocenters. The van der Waals surface area contributed by atoms with E-state index in [2.05, 4.69) is 6.92 Å². The van der Waals surface area contributed by atoms with Gasteiger partial charge in [0.15, 0.2) is 0 Å². The van der Waals surface area contributed by atoms with Crippen LogP contribution >= 0.6 is 11.6 Å². The third-order valence-corrected chi connectivity index (χ3v) is 3.03. The zero-order chi connectivity index (χ0) is 12.7. The number of rotatable bonds is 6. The van der Waals surface area contributed by atoms with E-state index in [9.17, 15) is 4.79 Å². The molecule has 1 amide bonds. The van der Waals surface area contributed by atoms with Crippen LogP contribution in [0.15, 0.2) is 24.3 Å². The molecule has 0 spiro atoms. The van der Waals surface area contributed by atoms with Crippen LogP contribution in [-0.4, -0.2) is 11.1 Å². The summed E-state index contributed by atoms with van der Waals surface area (Å²) in [6.07, 6.45) is 3.43. The topological polar surface area (TPSA) is 49.3 Å². The van der Waals surface area contributed by atoms with E-state index >= 15 is 0 Å². The van der Waals surface area contributed by atoms with Crippen molar-refractivity contribution in [2.24, 2.45) is 5.92 Å². The third-order valence-electron chi connectivity index (χ3n) is 2.78. The lowest BCUT2D eigenvalue weighted by Gasteiger charge is -2.14. The first-order valence-electron chi connectivity index (χ1n) is 5.85. The average molecular weight is 256 g/mol. The first kappa shape index (κ1) is 14.0. The number of hydrogen-bond acceptors (Lipinski definition) is 2. The summed E-state index contributed by atoms with van der Waals surface area (Å²) in [5.74, 6) is -0.491. The lowest BCUT2D eigenvalue weighted by atomic mass is 9.93. The maximum Gasteiger partial charge on any atom is 0.246 e. The van der Waals surface area contributed by atoms with Crippen LogP contribution in [0.1, 0.15) is 31.7 Å². The van der Waals surface area contributed by atoms with Crippen molar-refractivity contribution >= 4 is 17.5 Å². The molecule has 0 fully saturated rings. The van der Waals surface area contributed by atoms with E-state index in [0.29, 0.717) is 11.4 Å². The molecule has 3 nitrogen and oxygen atoms in total. The fourth-order valence-electron chi connectivity index (χ4n) is 1.77. The van der Waals surface area contributed by atoms with Crippen molar-refractivity contribution in [2.75, 3.05) is 0 Å². The highest BCUT2D eigenvalue weighted by Gasteiger charge is 2.17. The number of carbonyl (C=O) groups excluding carboxylic acids is 1. The number of hydroxylamine groups is 1. The van der Waals surface area contributed by atoms with E-state index in [1.807, 2.05) is 24.3 Å². The van der Waals surface area contributed by atoms with Crippen molar-refractivity contribution < 1.29 is 10.0 Å². The summed E-state index contributed by atoms with van der Waals surface area (Å²) in [6.45, 7) is 2.08. The van der Waals surface area contributed by atoms with E-state index in [1.54, 1.807) is 5.48 Å². The molecular formula is C13H18ClNO2. The van der Waals surface area contributed by atoms with E-state index < -0.39 is 0 Å². The molecule has 0 aliphatic rings. The Morgan fingerprint density at radius 3 is 2.59 bits per heavy atom. The minimum absolute atomic E-state index is 0.180. The van der Waals surface area contributed by atoms with Gasteiger partial charge in [-0.25, -0.2) is 5.48 Å². The number of benzene rings is 1. The van der Waals surface area contributed by atoms with Gasteiger partial charge >= 0.3 is 0 Å². The Morgan fingerprint density at radius 2 is 2.06 bits per heavy atom. The Morgan fingerprint density at radius 1 is 1.41 bits per heavy atom. The number of unbranched alkanes of at least 4 members (excludes halogenated alkanes) is 1. The lowest BCUT2D eigenvalue weighted by Crippen LogP contribution is -2.29. The van der Waals surface area contributed by atoms with Crippen LogP contribution in [0.25, 0.3) is 0 Å². The first-order chi connectivity index (χ1) is 8.17. The van der Waals surface area contributed by atoms with Gasteiger partial charge in [0.1, 0.15) is 0 Å². The predicted molar refractivity (Wildman–Crippen MR) is 68.1 cm³/mol. The number of amides is 1. The second kappa shape index (κ2) is 7.30. The summed E-state index contributed by atoms with van der Waals surface area (Å²) in [7, 11) is 0. The minimum atomic E-state index is -0.312. The number of carbonyl (C=O) groups is 1. The third kappa shape index (κ3) is 4.75. The zero-order valence-electron chi connectivity index (χ0n) is 9.95. The summed E-state index contributed by atoms with van der Waals surface area (Å²) in [5, 5.41) is 9.39. The Labute approximate surface area is 107 Å². The molecule has 0 aliphatic heterocycles. The summed E-state index contributed by atoms with van der Waals surface area (Å²) in [4.78, 5) is 11.5. The van der Waals surface area contributed by atoms with Gasteiger partial charge in [0.05, 0.1) is 0 Å². The van der Waals surface area contributed by atoms with Crippen molar-refractivity contribution in [1.29, 1.82) is 0 Å². The molecule has 1 aromatic rings. The summed E-state index contributed by atoms with van der Waals surface area (Å²) >= 11 is 5.80. The Balaban J connectivity index is 2.64. The normalized spacial score (nSPS) is 12.2. The molecule has 0 radical (unpaired) electrons. The molecule has 1 atom stereocenters. The monoisotopic (exact) mass is 255 g/mol. The molecule has 1 rings (SSSR count). The van der Waals surface area contributed by atoms with Crippen molar-refractivity contribution in [2.45, 2.75) is 32.6 Å². The van der Waals surface area contributed by atoms with E-state index in [0.717, 1.165) is 24.8 Å². The van der Waals surface area contributed by atoms with Crippen molar-refractivity contribution in [3.8, 4) is 0 Å². The van der Waals surface area contributed by atoms with Gasteiger partial charge in [-0.05, 0) is 30.5 Å². The molecule has 94 valence electrons. The number of halogens is 1. The standard InChI is InChI=1S/C13H18ClNO2/c1-2-3-4-11(13(16)15-17)9-10-5-7-12(14)8-6-10/h5-8,11,17H,2-4,9H2,1H3,(H,15,16). The van der Waals surface area contributed by atoms with Gasteiger partial charge in [-0.3, -0.25) is 10.0 Å². The average Bonchev–Trinajstić information content (AvgIpc) is 2.36. The van der Waals surface area contributed by atoms with E-state index in [1.165, 1.54) is 0 Å². The first-order valence-corrected chi connectivity index (χ1v) is 6.23. The Bertz CT molecular complexity index is 351. The van der Waals surface area contributed by atoms with Gasteiger partial charge < -0.3 is 0 Å². The van der Waals surface area contributed by atoms with Gasteiger partial charge in [0, 0.05) is 10.9 Å². The molecule has 1 aromatic carbocycles. The quantitative estimate of drug-likeness (QED) is 0.606. The molecule has 4 heteroatoms. The molecule has 0 aromatic heterocycles. The zero-order valence-corrected chi connectivity index (χ0v) is 10.7. The highest BCUT2D eigenvalue weighted by molar-refractivity contribution is 6.30. The summed E-state index contributed by atoms with van der Waals surface area (Å²) in [5.41, 5.74) is 2.80. The van der Waals surface area contributed by atoms with Crippen LogP contribution in [0.5, 0.6) is 0 Å². The van der Waals surface area contributed by atoms with Crippen LogP contribution < -0.4 is 5.48 Å². The Hall–Kier alpha value is -1.06. The fourth-order valence-corrected chi connectivity index (χ4v) is 1.90. The van der Waals surface area contributed by atoms with Crippen LogP contribution in [0.4, 0.5) is 0 Å². The molecule has 0 saturated carbocycles. The molecule has 17 heavy (non-hydrogen) atoms. The summed E-state index contributed by atoms with van der Waals surface area (Å²) in [6, 6.07) is 7.44. The predicted octanol–water partition coefficient (Wildman–Crippen LogP) is 3.19. The maximum absolute atomic E-state index is 11.5. The molecule has 0 saturated heterocycles. The van der Waals surface area contributed by atoms with Crippen LogP contribution in [-0.2, 0) is 11.2 Å². The van der Waals surface area contributed by atoms with Gasteiger partial charge in [0.25, 0.3) is 0 Å². The minimum Gasteiger partial charge on any atom is -0.289 e. The van der Waals surface area contributed by atoms with Crippen molar-refractivity contribution in [1.82, 2.24) is 5.48 Å². The van der Waals surface area contributed by atoms with Gasteiger partial charge in [-0.1, -0.05) is 43.5 Å². The van der Waals surface area contributed by atoms with E-state index in [4.69, 9.17) is 16.8 Å². The smallest absolute Gasteiger partial charge is 0.246 e. The van der Waals surface area contributed by atoms with Crippen LogP contribution in [0.2, 0.25) is 5.02 Å². The molecule has 2 N–H and O–H groups in total. The lowest BCUT2D eigenvalue weighted by molar-refractivity contribution is -0.133. The molecular weight excluding hydrogens is 238 g/mol. The van der Waals surface area contributed by atoms with Crippen LogP contribution in [0.3, 0.4) is 0 Å². The maximum atomic E-state index is 11.5. The molecule has 0 heterocycles. The van der Waals surface area contributed by atoms with Crippen molar-refractivity contribution in [3.05, 3.63) is 34.9 Å². The molecule has 0 bridgehead atoms. The Kier molecular flexibility index (Phi) is 6.01. The highest BCUT2D eigenvalue weighted by atomic mass is 35.5. The van der Waals surface area contributed by atoms with Gasteiger partial charge in [-0.2, -0.15) is 0 Å². The van der Waals surface area contributed by atoms with E-state index in [-0.39, 0.29) is 11.8 Å². The van der Waals surface area contributed by atoms with Crippen molar-refractivity contribution in [3.63, 3.8) is 0 Å². The van der Waals surface area contributed by atoms with Gasteiger partial charge in [-0.15, -0.1) is 0 Å². The van der Waals surface area contributed by atoms with Crippen LogP contribution in [0, 0.1) is 5.92 Å². The second-order valence-corrected chi connectivity index (χ2v) is 4.58. The fraction of sp³-hybridized carbons (Fsp3) is 0.462. The summed E-state index contributed by atoms with van der Waals surface area (Å²) < 4.78 is 0. The SMILES string of the molecule is CCCCC(Cc1ccc(Cl)cc1)C(=O)NO.